The quantitative estimate of drug-likeness (QED) is 0.132. The summed E-state index contributed by atoms with van der Waals surface area (Å²) in [7, 11) is 4.55. The summed E-state index contributed by atoms with van der Waals surface area (Å²) >= 11 is 3.46. The van der Waals surface area contributed by atoms with Crippen molar-refractivity contribution in [3.8, 4) is 0 Å². The van der Waals surface area contributed by atoms with Gasteiger partial charge in [0.1, 0.15) is 30.2 Å². The molecule has 1 saturated carbocycles. The predicted molar refractivity (Wildman–Crippen MR) is 255 cm³/mol. The zero-order chi connectivity index (χ0) is 49.2. The summed E-state index contributed by atoms with van der Waals surface area (Å²) in [5.74, 6) is -9.06. The van der Waals surface area contributed by atoms with Gasteiger partial charge in [0.05, 0.1) is 37.1 Å². The van der Waals surface area contributed by atoms with Crippen molar-refractivity contribution in [2.24, 2.45) is 29.6 Å². The third-order valence-corrected chi connectivity index (χ3v) is 15.2. The highest BCUT2D eigenvalue weighted by atomic mass is 79.9. The first-order valence-corrected chi connectivity index (χ1v) is 25.0. The molecule has 374 valence electrons. The van der Waals surface area contributed by atoms with Crippen molar-refractivity contribution in [3.63, 3.8) is 0 Å². The number of hydrogen-bond donors (Lipinski definition) is 2. The van der Waals surface area contributed by atoms with E-state index in [0.29, 0.717) is 49.9 Å². The molecule has 1 aromatic carbocycles. The number of allylic oxidation sites excluding steroid dienone is 3. The minimum atomic E-state index is -2.61. The van der Waals surface area contributed by atoms with Gasteiger partial charge in [-0.2, -0.15) is 0 Å². The van der Waals surface area contributed by atoms with Crippen molar-refractivity contribution in [1.29, 1.82) is 0 Å². The van der Waals surface area contributed by atoms with E-state index < -0.39 is 89.9 Å². The number of alkyl halides is 1. The minimum Gasteiger partial charge on any atom is -0.456 e. The van der Waals surface area contributed by atoms with Gasteiger partial charge >= 0.3 is 5.97 Å². The SMILES string of the molecule is CCC1/C=C(\C)C(F)C(C)CC(OC)C2OC(O)(C(=O)C(=O)N3CCCCC3C(=O)OC(C(C)=CC3CCC(OCC=Cc4ccc(Br)cc4)C(OC)C3)C(C)C(O)CC1=O)C(C)CC2OC. The van der Waals surface area contributed by atoms with Crippen molar-refractivity contribution < 1.29 is 62.2 Å². The monoisotopic (exact) mass is 1000 g/mol. The average Bonchev–Trinajstić information content (AvgIpc) is 3.32. The van der Waals surface area contributed by atoms with Gasteiger partial charge < -0.3 is 43.5 Å². The van der Waals surface area contributed by atoms with Crippen LogP contribution < -0.4 is 0 Å². The molecule has 0 spiro atoms. The van der Waals surface area contributed by atoms with E-state index in [1.54, 1.807) is 40.9 Å². The van der Waals surface area contributed by atoms with Crippen molar-refractivity contribution in [2.45, 2.75) is 166 Å². The van der Waals surface area contributed by atoms with Crippen molar-refractivity contribution in [3.05, 3.63) is 63.7 Å². The Hall–Kier alpha value is -3.15. The lowest BCUT2D eigenvalue weighted by Crippen LogP contribution is -2.64. The molecule has 1 aromatic rings. The van der Waals surface area contributed by atoms with E-state index in [0.717, 1.165) is 21.4 Å². The second-order valence-corrected chi connectivity index (χ2v) is 20.3. The van der Waals surface area contributed by atoms with Gasteiger partial charge in [0, 0.05) is 56.5 Å². The molecule has 3 aliphatic heterocycles. The fourth-order valence-electron chi connectivity index (χ4n) is 10.4. The van der Waals surface area contributed by atoms with Crippen LogP contribution in [-0.2, 0) is 47.6 Å². The molecule has 15 atom stereocenters. The Bertz CT molecular complexity index is 1930. The summed E-state index contributed by atoms with van der Waals surface area (Å²) in [5, 5.41) is 23.9. The molecule has 15 heteroatoms. The maximum Gasteiger partial charge on any atom is 0.329 e. The fourth-order valence-corrected chi connectivity index (χ4v) is 10.7. The lowest BCUT2D eigenvalue weighted by atomic mass is 9.81. The number of piperidine rings is 1. The molecular weight excluding hydrogens is 929 g/mol. The van der Waals surface area contributed by atoms with Gasteiger partial charge in [-0.05, 0) is 112 Å². The standard InChI is InChI=1S/C52H75BrFNO12/c1-10-37-25-30(2)46(54)31(3)26-44(63-8)48-45(64-9)27-33(5)52(61,67-48)49(58)50(59)55-22-12-11-15-39(55)51(60)66-47(34(6)40(56)29-41(37)57)32(4)24-36-18-21-42(43(28-36)62-7)65-23-13-14-35-16-19-38(53)20-17-35/h13-14,16-17,19-20,24-25,31,33-34,36-37,39-40,42-48,56,61H,10-12,15,18,21-23,26-29H2,1-9H3/b14-13?,30-25+,32-24?. The van der Waals surface area contributed by atoms with Gasteiger partial charge in [0.2, 0.25) is 5.79 Å². The number of nitrogens with zero attached hydrogens (tertiary/aromatic N) is 1. The maximum absolute atomic E-state index is 16.3. The third-order valence-electron chi connectivity index (χ3n) is 14.7. The Morgan fingerprint density at radius 3 is 2.27 bits per heavy atom. The zero-order valence-electron chi connectivity index (χ0n) is 40.9. The summed E-state index contributed by atoms with van der Waals surface area (Å²) in [5.41, 5.74) is 2.04. The van der Waals surface area contributed by atoms with Crippen LogP contribution in [0.3, 0.4) is 0 Å². The van der Waals surface area contributed by atoms with Crippen LogP contribution in [0, 0.1) is 29.6 Å². The topological polar surface area (TPSA) is 167 Å². The molecule has 15 unspecified atom stereocenters. The molecule has 2 saturated heterocycles. The highest BCUT2D eigenvalue weighted by Gasteiger charge is 2.57. The molecular formula is C52H75BrFNO12. The highest BCUT2D eigenvalue weighted by Crippen LogP contribution is 2.40. The number of ketones is 2. The Morgan fingerprint density at radius 1 is 0.940 bits per heavy atom. The van der Waals surface area contributed by atoms with Crippen molar-refractivity contribution in [1.82, 2.24) is 4.90 Å². The molecule has 1 aliphatic carbocycles. The number of carbonyl (C=O) groups excluding carboxylic acids is 4. The Kier molecular flexibility index (Phi) is 20.5. The number of aliphatic hydroxyl groups is 2. The van der Waals surface area contributed by atoms with E-state index in [9.17, 15) is 29.4 Å². The van der Waals surface area contributed by atoms with Crippen LogP contribution in [0.15, 0.2) is 58.1 Å². The fraction of sp³-hybridized carbons (Fsp3) is 0.692. The normalized spacial score (nSPS) is 37.9. The number of cyclic esters (lactones) is 1. The number of aliphatic hydroxyl groups excluding tert-OH is 1. The Balaban J connectivity index is 1.45. The first-order chi connectivity index (χ1) is 31.9. The number of amides is 1. The van der Waals surface area contributed by atoms with Gasteiger partial charge in [-0.15, -0.1) is 0 Å². The first kappa shape index (κ1) is 54.8. The van der Waals surface area contributed by atoms with E-state index in [2.05, 4.69) is 15.9 Å². The third kappa shape index (κ3) is 13.6. The molecule has 2 N–H and O–H groups in total. The molecule has 4 aliphatic rings. The largest absolute Gasteiger partial charge is 0.456 e. The number of ether oxygens (including phenoxy) is 6. The van der Waals surface area contributed by atoms with Crippen LogP contribution in [-0.4, -0.2) is 134 Å². The molecule has 67 heavy (non-hydrogen) atoms. The van der Waals surface area contributed by atoms with Gasteiger partial charge in [-0.1, -0.05) is 80.1 Å². The molecule has 5 rings (SSSR count). The maximum atomic E-state index is 16.3. The second kappa shape index (κ2) is 25.1. The van der Waals surface area contributed by atoms with Crippen LogP contribution in [0.2, 0.25) is 0 Å². The summed E-state index contributed by atoms with van der Waals surface area (Å²) in [6.45, 7) is 10.8. The van der Waals surface area contributed by atoms with E-state index >= 15 is 4.39 Å². The molecule has 3 heterocycles. The van der Waals surface area contributed by atoms with Crippen LogP contribution in [0.1, 0.15) is 111 Å². The number of rotatable bonds is 10. The number of esters is 1. The van der Waals surface area contributed by atoms with Gasteiger partial charge in [-0.3, -0.25) is 14.4 Å². The van der Waals surface area contributed by atoms with E-state index in [4.69, 9.17) is 28.4 Å². The van der Waals surface area contributed by atoms with Crippen LogP contribution in [0.4, 0.5) is 4.39 Å². The number of methoxy groups -OCH3 is 3. The number of Topliss-reactive ketones (excluding diaryl/α,β-unsaturated/α-hetero) is 2. The summed E-state index contributed by atoms with van der Waals surface area (Å²) in [6, 6.07) is 6.81. The van der Waals surface area contributed by atoms with E-state index in [-0.39, 0.29) is 56.1 Å². The number of fused-ring (bicyclic) bond motifs is 3. The number of halogens is 2. The molecule has 3 fully saturated rings. The van der Waals surface area contributed by atoms with Crippen molar-refractivity contribution >= 4 is 45.4 Å². The summed E-state index contributed by atoms with van der Waals surface area (Å²) in [6.07, 6.45) is 4.51. The highest BCUT2D eigenvalue weighted by molar-refractivity contribution is 9.10. The molecule has 1 amide bonds. The average molecular weight is 1010 g/mol. The van der Waals surface area contributed by atoms with Crippen LogP contribution >= 0.6 is 15.9 Å². The van der Waals surface area contributed by atoms with Crippen LogP contribution in [0.25, 0.3) is 6.08 Å². The van der Waals surface area contributed by atoms with Crippen LogP contribution in [0.5, 0.6) is 0 Å². The predicted octanol–water partition coefficient (Wildman–Crippen LogP) is 7.92. The second-order valence-electron chi connectivity index (χ2n) is 19.4. The Labute approximate surface area is 405 Å². The molecule has 13 nitrogen and oxygen atoms in total. The number of hydrogen-bond acceptors (Lipinski definition) is 12. The lowest BCUT2D eigenvalue weighted by molar-refractivity contribution is -0.302. The van der Waals surface area contributed by atoms with Gasteiger partial charge in [0.25, 0.3) is 11.7 Å². The summed E-state index contributed by atoms with van der Waals surface area (Å²) in [4.78, 5) is 58.3. The molecule has 0 radical (unpaired) electrons. The van der Waals surface area contributed by atoms with E-state index in [1.165, 1.54) is 14.2 Å². The first-order valence-electron chi connectivity index (χ1n) is 24.2. The molecule has 0 aromatic heterocycles. The van der Waals surface area contributed by atoms with E-state index in [1.807, 2.05) is 56.3 Å². The summed E-state index contributed by atoms with van der Waals surface area (Å²) < 4.78 is 53.7. The minimum absolute atomic E-state index is 0.00519. The Morgan fingerprint density at radius 2 is 1.61 bits per heavy atom. The number of benzene rings is 1. The molecule has 2 bridgehead atoms. The number of carbonyl (C=O) groups is 4. The van der Waals surface area contributed by atoms with Gasteiger partial charge in [0.15, 0.2) is 0 Å². The van der Waals surface area contributed by atoms with Gasteiger partial charge in [-0.25, -0.2) is 9.18 Å². The zero-order valence-corrected chi connectivity index (χ0v) is 42.5. The smallest absolute Gasteiger partial charge is 0.329 e. The lowest BCUT2D eigenvalue weighted by Gasteiger charge is -2.47. The van der Waals surface area contributed by atoms with Crippen molar-refractivity contribution in [2.75, 3.05) is 34.5 Å².